The number of rotatable bonds is 6. The zero-order valence-electron chi connectivity index (χ0n) is 14.1. The summed E-state index contributed by atoms with van der Waals surface area (Å²) in [7, 11) is 0. The number of anilines is 1. The molecule has 0 saturated heterocycles. The molecule has 1 fully saturated rings. The first kappa shape index (κ1) is 16.6. The summed E-state index contributed by atoms with van der Waals surface area (Å²) in [6.07, 6.45) is 8.50. The number of nitrogens with zero attached hydrogens (tertiary/aromatic N) is 1. The molecule has 1 saturated carbocycles. The van der Waals surface area contributed by atoms with E-state index in [2.05, 4.69) is 23.6 Å². The SMILES string of the molecule is CC[C@H]1C=CCN1C(=O)Nc1ccc(CCC(=O)NC2CC2)cc1. The van der Waals surface area contributed by atoms with Crippen LogP contribution in [0, 0.1) is 0 Å². The van der Waals surface area contributed by atoms with E-state index < -0.39 is 0 Å². The predicted molar refractivity (Wildman–Crippen MR) is 94.9 cm³/mol. The minimum atomic E-state index is -0.0663. The van der Waals surface area contributed by atoms with Crippen LogP contribution in [0.3, 0.4) is 0 Å². The molecule has 0 aromatic heterocycles. The Labute approximate surface area is 143 Å². The van der Waals surface area contributed by atoms with Crippen LogP contribution >= 0.6 is 0 Å². The van der Waals surface area contributed by atoms with E-state index in [0.29, 0.717) is 19.0 Å². The van der Waals surface area contributed by atoms with Crippen molar-refractivity contribution in [2.45, 2.75) is 51.1 Å². The highest BCUT2D eigenvalue weighted by Crippen LogP contribution is 2.19. The number of urea groups is 1. The molecule has 1 aliphatic heterocycles. The molecule has 3 rings (SSSR count). The van der Waals surface area contributed by atoms with Gasteiger partial charge in [0.1, 0.15) is 0 Å². The molecule has 1 aromatic rings. The normalized spacial score (nSPS) is 19.4. The maximum absolute atomic E-state index is 12.3. The lowest BCUT2D eigenvalue weighted by Gasteiger charge is -2.23. The molecule has 1 atom stereocenters. The lowest BCUT2D eigenvalue weighted by molar-refractivity contribution is -0.121. The van der Waals surface area contributed by atoms with E-state index in [0.717, 1.165) is 36.9 Å². The Morgan fingerprint density at radius 2 is 1.96 bits per heavy atom. The van der Waals surface area contributed by atoms with Crippen molar-refractivity contribution in [2.24, 2.45) is 0 Å². The van der Waals surface area contributed by atoms with E-state index in [-0.39, 0.29) is 18.0 Å². The van der Waals surface area contributed by atoms with Crippen molar-refractivity contribution in [1.29, 1.82) is 0 Å². The monoisotopic (exact) mass is 327 g/mol. The average molecular weight is 327 g/mol. The molecule has 128 valence electrons. The largest absolute Gasteiger partial charge is 0.353 e. The second-order valence-electron chi connectivity index (χ2n) is 6.52. The third-order valence-corrected chi connectivity index (χ3v) is 4.53. The van der Waals surface area contributed by atoms with Crippen LogP contribution in [0.25, 0.3) is 0 Å². The maximum atomic E-state index is 12.3. The molecule has 1 heterocycles. The van der Waals surface area contributed by atoms with Gasteiger partial charge in [0.15, 0.2) is 0 Å². The van der Waals surface area contributed by atoms with Crippen LogP contribution in [0.1, 0.15) is 38.2 Å². The van der Waals surface area contributed by atoms with Gasteiger partial charge in [-0.1, -0.05) is 31.2 Å². The molecule has 5 heteroatoms. The number of hydrogen-bond acceptors (Lipinski definition) is 2. The lowest BCUT2D eigenvalue weighted by Crippen LogP contribution is -2.38. The van der Waals surface area contributed by atoms with Gasteiger partial charge in [-0.25, -0.2) is 4.79 Å². The van der Waals surface area contributed by atoms with Crippen molar-refractivity contribution in [3.05, 3.63) is 42.0 Å². The van der Waals surface area contributed by atoms with E-state index in [1.54, 1.807) is 0 Å². The Kier molecular flexibility index (Phi) is 5.18. The van der Waals surface area contributed by atoms with E-state index >= 15 is 0 Å². The summed E-state index contributed by atoms with van der Waals surface area (Å²) in [6.45, 7) is 2.74. The highest BCUT2D eigenvalue weighted by atomic mass is 16.2. The summed E-state index contributed by atoms with van der Waals surface area (Å²) in [6, 6.07) is 8.28. The minimum absolute atomic E-state index is 0.0663. The average Bonchev–Trinajstić information content (AvgIpc) is 3.26. The van der Waals surface area contributed by atoms with Crippen LogP contribution in [0.4, 0.5) is 10.5 Å². The molecule has 0 spiro atoms. The third kappa shape index (κ3) is 4.37. The van der Waals surface area contributed by atoms with Crippen molar-refractivity contribution in [3.63, 3.8) is 0 Å². The molecule has 24 heavy (non-hydrogen) atoms. The van der Waals surface area contributed by atoms with Crippen LogP contribution in [-0.4, -0.2) is 35.5 Å². The standard InChI is InChI=1S/C19H25N3O2/c1-2-17-4-3-13-22(17)19(24)21-16-8-5-14(6-9-16)7-12-18(23)20-15-10-11-15/h3-6,8-9,15,17H,2,7,10-13H2,1H3,(H,20,23)(H,21,24)/t17-/m0/s1. The van der Waals surface area contributed by atoms with Gasteiger partial charge in [-0.15, -0.1) is 0 Å². The van der Waals surface area contributed by atoms with Gasteiger partial charge in [-0.2, -0.15) is 0 Å². The van der Waals surface area contributed by atoms with Gasteiger partial charge < -0.3 is 15.5 Å². The van der Waals surface area contributed by atoms with Gasteiger partial charge in [-0.05, 0) is 43.4 Å². The van der Waals surface area contributed by atoms with Crippen LogP contribution in [-0.2, 0) is 11.2 Å². The van der Waals surface area contributed by atoms with Crippen LogP contribution in [0.5, 0.6) is 0 Å². The van der Waals surface area contributed by atoms with Crippen molar-refractivity contribution < 1.29 is 9.59 Å². The first-order valence-corrected chi connectivity index (χ1v) is 8.78. The van der Waals surface area contributed by atoms with Crippen LogP contribution in [0.2, 0.25) is 0 Å². The molecule has 0 bridgehead atoms. The summed E-state index contributed by atoms with van der Waals surface area (Å²) in [5, 5.41) is 5.94. The Balaban J connectivity index is 1.47. The third-order valence-electron chi connectivity index (χ3n) is 4.53. The highest BCUT2D eigenvalue weighted by Gasteiger charge is 2.23. The first-order valence-electron chi connectivity index (χ1n) is 8.78. The molecule has 2 N–H and O–H groups in total. The van der Waals surface area contributed by atoms with Gasteiger partial charge in [0.2, 0.25) is 5.91 Å². The van der Waals surface area contributed by atoms with Gasteiger partial charge in [-0.3, -0.25) is 4.79 Å². The first-order chi connectivity index (χ1) is 11.7. The molecule has 3 amide bonds. The summed E-state index contributed by atoms with van der Waals surface area (Å²) in [5.41, 5.74) is 1.89. The molecular formula is C19H25N3O2. The summed E-state index contributed by atoms with van der Waals surface area (Å²) < 4.78 is 0. The number of aryl methyl sites for hydroxylation is 1. The van der Waals surface area contributed by atoms with E-state index in [4.69, 9.17) is 0 Å². The van der Waals surface area contributed by atoms with E-state index in [1.807, 2.05) is 35.2 Å². The smallest absolute Gasteiger partial charge is 0.322 e. The minimum Gasteiger partial charge on any atom is -0.353 e. The zero-order chi connectivity index (χ0) is 16.9. The van der Waals surface area contributed by atoms with Crippen molar-refractivity contribution in [3.8, 4) is 0 Å². The van der Waals surface area contributed by atoms with Crippen molar-refractivity contribution in [2.75, 3.05) is 11.9 Å². The number of benzene rings is 1. The Morgan fingerprint density at radius 1 is 1.21 bits per heavy atom. The maximum Gasteiger partial charge on any atom is 0.322 e. The lowest BCUT2D eigenvalue weighted by atomic mass is 10.1. The van der Waals surface area contributed by atoms with Crippen LogP contribution < -0.4 is 10.6 Å². The van der Waals surface area contributed by atoms with Crippen LogP contribution in [0.15, 0.2) is 36.4 Å². The number of carbonyl (C=O) groups excluding carboxylic acids is 2. The highest BCUT2D eigenvalue weighted by molar-refractivity contribution is 5.90. The number of amides is 3. The van der Waals surface area contributed by atoms with Crippen molar-refractivity contribution in [1.82, 2.24) is 10.2 Å². The van der Waals surface area contributed by atoms with Gasteiger partial charge in [0.25, 0.3) is 0 Å². The van der Waals surface area contributed by atoms with Gasteiger partial charge >= 0.3 is 6.03 Å². The molecular weight excluding hydrogens is 302 g/mol. The zero-order valence-corrected chi connectivity index (χ0v) is 14.1. The fourth-order valence-corrected chi connectivity index (χ4v) is 2.90. The topological polar surface area (TPSA) is 61.4 Å². The number of nitrogens with one attached hydrogen (secondary N) is 2. The predicted octanol–water partition coefficient (Wildman–Crippen LogP) is 3.08. The molecule has 1 aliphatic carbocycles. The van der Waals surface area contributed by atoms with E-state index in [1.165, 1.54) is 0 Å². The fourth-order valence-electron chi connectivity index (χ4n) is 2.90. The molecule has 5 nitrogen and oxygen atoms in total. The molecule has 1 aromatic carbocycles. The molecule has 2 aliphatic rings. The van der Waals surface area contributed by atoms with E-state index in [9.17, 15) is 9.59 Å². The second-order valence-corrected chi connectivity index (χ2v) is 6.52. The van der Waals surface area contributed by atoms with Gasteiger partial charge in [0.05, 0.1) is 6.04 Å². The Morgan fingerprint density at radius 3 is 2.62 bits per heavy atom. The molecule has 0 unspecified atom stereocenters. The Hall–Kier alpha value is -2.30. The molecule has 0 radical (unpaired) electrons. The summed E-state index contributed by atoms with van der Waals surface area (Å²) in [5.74, 6) is 0.127. The number of hydrogen-bond donors (Lipinski definition) is 2. The quantitative estimate of drug-likeness (QED) is 0.789. The fraction of sp³-hybridized carbons (Fsp3) is 0.474. The summed E-state index contributed by atoms with van der Waals surface area (Å²) >= 11 is 0. The number of carbonyl (C=O) groups is 2. The van der Waals surface area contributed by atoms with Gasteiger partial charge in [0, 0.05) is 24.7 Å². The Bertz CT molecular complexity index is 620. The van der Waals surface area contributed by atoms with Crippen molar-refractivity contribution >= 4 is 17.6 Å². The summed E-state index contributed by atoms with van der Waals surface area (Å²) in [4.78, 5) is 25.8. The second kappa shape index (κ2) is 7.51.